The normalized spacial score (nSPS) is 12.8. The second-order valence-corrected chi connectivity index (χ2v) is 9.88. The molecule has 0 heterocycles. The molecule has 168 valence electrons. The molecule has 0 aliphatic heterocycles. The van der Waals surface area contributed by atoms with E-state index in [-0.39, 0.29) is 0 Å². The van der Waals surface area contributed by atoms with Crippen molar-refractivity contribution in [3.8, 4) is 0 Å². The highest BCUT2D eigenvalue weighted by Crippen LogP contribution is 2.15. The number of allylic oxidation sites excluding steroid dienone is 6. The van der Waals surface area contributed by atoms with Crippen LogP contribution in [0.4, 0.5) is 0 Å². The number of rotatable bonds is 16. The van der Waals surface area contributed by atoms with E-state index in [9.17, 15) is 0 Å². The van der Waals surface area contributed by atoms with E-state index < -0.39 is 9.05 Å². The first-order valence-corrected chi connectivity index (χ1v) is 12.5. The maximum Gasteiger partial charge on any atom is 0.680 e. The van der Waals surface area contributed by atoms with Gasteiger partial charge in [-0.25, -0.2) is 0 Å². The molecule has 0 rings (SSSR count). The molecule has 4 nitrogen and oxygen atoms in total. The maximum atomic E-state index is 6.04. The smallest absolute Gasteiger partial charge is 0.351 e. The van der Waals surface area contributed by atoms with E-state index in [0.717, 1.165) is 25.7 Å². The molecule has 0 amide bonds. The molecule has 0 radical (unpaired) electrons. The number of hydrogen-bond donors (Lipinski definition) is 0. The van der Waals surface area contributed by atoms with Gasteiger partial charge in [0.25, 0.3) is 0 Å². The summed E-state index contributed by atoms with van der Waals surface area (Å²) in [5.41, 5.74) is 5.30. The van der Waals surface area contributed by atoms with Crippen molar-refractivity contribution >= 4 is 9.05 Å². The van der Waals surface area contributed by atoms with Gasteiger partial charge < -0.3 is 17.7 Å². The summed E-state index contributed by atoms with van der Waals surface area (Å²) in [5, 5.41) is 0. The molecule has 0 fully saturated rings. The first-order chi connectivity index (χ1) is 13.7. The van der Waals surface area contributed by atoms with Crippen molar-refractivity contribution in [3.05, 3.63) is 46.6 Å². The van der Waals surface area contributed by atoms with Gasteiger partial charge in [0.15, 0.2) is 0 Å². The van der Waals surface area contributed by atoms with Gasteiger partial charge in [-0.2, -0.15) is 0 Å². The zero-order valence-electron chi connectivity index (χ0n) is 20.1. The topological polar surface area (TPSA) is 36.9 Å². The van der Waals surface area contributed by atoms with E-state index in [1.807, 2.05) is 13.8 Å². The van der Waals surface area contributed by atoms with Crippen molar-refractivity contribution in [2.24, 2.45) is 0 Å². The van der Waals surface area contributed by atoms with E-state index in [0.29, 0.717) is 26.4 Å². The van der Waals surface area contributed by atoms with Gasteiger partial charge in [-0.15, -0.1) is 0 Å². The van der Waals surface area contributed by atoms with Crippen LogP contribution in [0, 0.1) is 0 Å². The summed E-state index contributed by atoms with van der Waals surface area (Å²) in [5.74, 6) is 0. The molecule has 0 aliphatic rings. The molecular formula is C24H44O4Si. The zero-order chi connectivity index (χ0) is 22.1. The van der Waals surface area contributed by atoms with Gasteiger partial charge in [-0.05, 0) is 81.1 Å². The average Bonchev–Trinajstić information content (AvgIpc) is 2.61. The molecule has 0 unspecified atom stereocenters. The van der Waals surface area contributed by atoms with Crippen molar-refractivity contribution in [2.75, 3.05) is 26.4 Å². The first-order valence-electron chi connectivity index (χ1n) is 10.9. The van der Waals surface area contributed by atoms with E-state index >= 15 is 0 Å². The minimum atomic E-state index is -3.14. The summed E-state index contributed by atoms with van der Waals surface area (Å²) < 4.78 is 23.8. The summed E-state index contributed by atoms with van der Waals surface area (Å²) in [7, 11) is -3.14. The Hall–Kier alpha value is -0.983. The molecule has 0 N–H and O–H groups in total. The predicted octanol–water partition coefficient (Wildman–Crippen LogP) is 6.91. The Labute approximate surface area is 181 Å². The Morgan fingerprint density at radius 2 is 0.966 bits per heavy atom. The lowest BCUT2D eigenvalue weighted by Gasteiger charge is -2.26. The standard InChI is InChI=1S/C24H44O4Si/c1-9-25-29(26-10-2,27-19-17-23(7)15-11-13-21(3)4)28-20-18-24(8)16-12-14-22(5)6/h13-14,17-18H,9-12,15-16,19-20H2,1-8H3. The van der Waals surface area contributed by atoms with E-state index in [4.69, 9.17) is 17.7 Å². The molecule has 5 heteroatoms. The van der Waals surface area contributed by atoms with Gasteiger partial charge >= 0.3 is 9.05 Å². The highest BCUT2D eigenvalue weighted by atomic mass is 28.4. The first kappa shape index (κ1) is 28.0. The lowest BCUT2D eigenvalue weighted by atomic mass is 10.1. The summed E-state index contributed by atoms with van der Waals surface area (Å²) in [6.45, 7) is 18.5. The molecule has 0 aliphatic carbocycles. The van der Waals surface area contributed by atoms with Crippen LogP contribution in [-0.4, -0.2) is 35.5 Å². The van der Waals surface area contributed by atoms with Gasteiger partial charge in [0.05, 0.1) is 13.2 Å². The van der Waals surface area contributed by atoms with Crippen LogP contribution in [0.15, 0.2) is 46.6 Å². The van der Waals surface area contributed by atoms with Gasteiger partial charge in [0.2, 0.25) is 0 Å². The fourth-order valence-corrected chi connectivity index (χ4v) is 4.34. The summed E-state index contributed by atoms with van der Waals surface area (Å²) in [6.07, 6.45) is 12.9. The Morgan fingerprint density at radius 3 is 1.28 bits per heavy atom. The fraction of sp³-hybridized carbons (Fsp3) is 0.667. The Bertz CT molecular complexity index is 503. The molecule has 0 aromatic carbocycles. The Kier molecular flexibility index (Phi) is 16.2. The highest BCUT2D eigenvalue weighted by Gasteiger charge is 2.44. The van der Waals surface area contributed by atoms with Crippen LogP contribution >= 0.6 is 0 Å². The van der Waals surface area contributed by atoms with Gasteiger partial charge in [-0.3, -0.25) is 0 Å². The Morgan fingerprint density at radius 1 is 0.586 bits per heavy atom. The van der Waals surface area contributed by atoms with Crippen molar-refractivity contribution in [1.82, 2.24) is 0 Å². The Balaban J connectivity index is 4.79. The lowest BCUT2D eigenvalue weighted by molar-refractivity contribution is -0.0186. The van der Waals surface area contributed by atoms with Gasteiger partial charge in [0, 0.05) is 13.2 Å². The van der Waals surface area contributed by atoms with Crippen molar-refractivity contribution in [1.29, 1.82) is 0 Å². The van der Waals surface area contributed by atoms with Crippen LogP contribution in [0.3, 0.4) is 0 Å². The van der Waals surface area contributed by atoms with Gasteiger partial charge in [0.1, 0.15) is 0 Å². The fourth-order valence-electron chi connectivity index (χ4n) is 2.56. The third kappa shape index (κ3) is 15.5. The minimum Gasteiger partial charge on any atom is -0.351 e. The molecule has 0 spiro atoms. The van der Waals surface area contributed by atoms with Crippen molar-refractivity contribution < 1.29 is 17.7 Å². The highest BCUT2D eigenvalue weighted by molar-refractivity contribution is 6.53. The zero-order valence-corrected chi connectivity index (χ0v) is 21.1. The average molecular weight is 425 g/mol. The molecule has 0 bridgehead atoms. The quantitative estimate of drug-likeness (QED) is 0.199. The van der Waals surface area contributed by atoms with Crippen molar-refractivity contribution in [3.63, 3.8) is 0 Å². The monoisotopic (exact) mass is 424 g/mol. The third-order valence-corrected chi connectivity index (χ3v) is 6.53. The molecular weight excluding hydrogens is 380 g/mol. The molecule has 0 aromatic rings. The summed E-state index contributed by atoms with van der Waals surface area (Å²) >= 11 is 0. The van der Waals surface area contributed by atoms with Crippen LogP contribution in [0.25, 0.3) is 0 Å². The lowest BCUT2D eigenvalue weighted by Crippen LogP contribution is -2.49. The van der Waals surface area contributed by atoms with E-state index in [1.165, 1.54) is 22.3 Å². The van der Waals surface area contributed by atoms with Crippen LogP contribution < -0.4 is 0 Å². The number of hydrogen-bond acceptors (Lipinski definition) is 4. The van der Waals surface area contributed by atoms with Crippen LogP contribution in [0.5, 0.6) is 0 Å². The second-order valence-electron chi connectivity index (χ2n) is 7.73. The third-order valence-electron chi connectivity index (χ3n) is 4.21. The summed E-state index contributed by atoms with van der Waals surface area (Å²) in [6, 6.07) is 0. The van der Waals surface area contributed by atoms with Crippen LogP contribution in [0.2, 0.25) is 0 Å². The maximum absolute atomic E-state index is 6.04. The van der Waals surface area contributed by atoms with Crippen molar-refractivity contribution in [2.45, 2.75) is 81.1 Å². The minimum absolute atomic E-state index is 0.441. The van der Waals surface area contributed by atoms with Crippen LogP contribution in [0.1, 0.15) is 81.1 Å². The van der Waals surface area contributed by atoms with E-state index in [2.05, 4.69) is 65.8 Å². The molecule has 29 heavy (non-hydrogen) atoms. The SMILES string of the molecule is CCO[Si](OCC)(OCC=C(C)CCC=C(C)C)OCC=C(C)CCC=C(C)C. The molecule has 0 aromatic heterocycles. The molecule has 0 atom stereocenters. The molecule has 0 saturated carbocycles. The largest absolute Gasteiger partial charge is 0.680 e. The second kappa shape index (κ2) is 16.8. The van der Waals surface area contributed by atoms with E-state index in [1.54, 1.807) is 0 Å². The summed E-state index contributed by atoms with van der Waals surface area (Å²) in [4.78, 5) is 0. The van der Waals surface area contributed by atoms with Crippen LogP contribution in [-0.2, 0) is 17.7 Å². The van der Waals surface area contributed by atoms with Gasteiger partial charge in [-0.1, -0.05) is 46.6 Å². The predicted molar refractivity (Wildman–Crippen MR) is 126 cm³/mol. The molecule has 0 saturated heterocycles.